The number of carbonyl (C=O) groups excluding carboxylic acids is 2. The Balaban J connectivity index is 2.05. The third-order valence-corrected chi connectivity index (χ3v) is 10.3. The first-order valence-corrected chi connectivity index (χ1v) is 20.3. The lowest BCUT2D eigenvalue weighted by Gasteiger charge is -2.60. The zero-order valence-corrected chi connectivity index (χ0v) is 34.5. The van der Waals surface area contributed by atoms with E-state index in [9.17, 15) is 19.8 Å². The van der Waals surface area contributed by atoms with E-state index in [1.54, 1.807) is 17.0 Å². The summed E-state index contributed by atoms with van der Waals surface area (Å²) in [6.07, 6.45) is 8.46. The molecule has 1 saturated carbocycles. The Kier molecular flexibility index (Phi) is 15.6. The van der Waals surface area contributed by atoms with Gasteiger partial charge in [-0.3, -0.25) is 4.90 Å². The summed E-state index contributed by atoms with van der Waals surface area (Å²) in [7, 11) is 0. The van der Waals surface area contributed by atoms with Gasteiger partial charge >= 0.3 is 12.2 Å². The second-order valence-electron chi connectivity index (χ2n) is 17.2. The molecule has 0 aromatic heterocycles. The van der Waals surface area contributed by atoms with Crippen LogP contribution in [-0.2, 0) is 14.3 Å². The molecule has 12 nitrogen and oxygen atoms in total. The Morgan fingerprint density at radius 2 is 1.78 bits per heavy atom. The van der Waals surface area contributed by atoms with E-state index in [-0.39, 0.29) is 56.0 Å². The van der Waals surface area contributed by atoms with E-state index in [0.29, 0.717) is 49.6 Å². The van der Waals surface area contributed by atoms with Gasteiger partial charge in [0.05, 0.1) is 24.8 Å². The number of hydrogen-bond acceptors (Lipinski definition) is 10. The van der Waals surface area contributed by atoms with Gasteiger partial charge in [-0.05, 0) is 101 Å². The highest BCUT2D eigenvalue weighted by atomic mass is 16.7. The Morgan fingerprint density at radius 3 is 2.40 bits per heavy atom. The number of allylic oxidation sites excluding steroid dienone is 1. The largest absolute Gasteiger partial charge is 0.459 e. The van der Waals surface area contributed by atoms with Gasteiger partial charge in [0.25, 0.3) is 0 Å². The number of rotatable bonds is 18. The third kappa shape index (κ3) is 11.0. The molecule has 55 heavy (non-hydrogen) atoms. The molecule has 1 heterocycles. The normalized spacial score (nSPS) is 25.2. The molecule has 1 aliphatic heterocycles. The van der Waals surface area contributed by atoms with Gasteiger partial charge in [-0.1, -0.05) is 57.8 Å². The van der Waals surface area contributed by atoms with Crippen molar-refractivity contribution in [2.75, 3.05) is 39.5 Å². The summed E-state index contributed by atoms with van der Waals surface area (Å²) in [5.41, 5.74) is 1.66. The second-order valence-corrected chi connectivity index (χ2v) is 17.2. The smallest absolute Gasteiger partial charge is 0.412 e. The maximum absolute atomic E-state index is 14.3. The maximum Gasteiger partial charge on any atom is 0.412 e. The molecule has 6 atom stereocenters. The van der Waals surface area contributed by atoms with Gasteiger partial charge in [-0.15, -0.1) is 6.58 Å². The summed E-state index contributed by atoms with van der Waals surface area (Å²) in [5, 5.41) is 27.2. The van der Waals surface area contributed by atoms with Crippen LogP contribution in [0.5, 0.6) is 11.5 Å². The van der Waals surface area contributed by atoms with Crippen molar-refractivity contribution in [1.29, 1.82) is 0 Å². The van der Waals surface area contributed by atoms with E-state index in [2.05, 4.69) is 18.0 Å². The van der Waals surface area contributed by atoms with Crippen molar-refractivity contribution in [2.45, 2.75) is 130 Å². The van der Waals surface area contributed by atoms with Crippen LogP contribution >= 0.6 is 0 Å². The van der Waals surface area contributed by atoms with Gasteiger partial charge in [-0.25, -0.2) is 9.59 Å². The maximum atomic E-state index is 14.3. The third-order valence-electron chi connectivity index (χ3n) is 10.3. The highest BCUT2D eigenvalue weighted by Crippen LogP contribution is 2.62. The van der Waals surface area contributed by atoms with Crippen LogP contribution in [0.4, 0.5) is 9.59 Å². The van der Waals surface area contributed by atoms with Gasteiger partial charge in [0.2, 0.25) is 5.79 Å². The Morgan fingerprint density at radius 1 is 1.07 bits per heavy atom. The molecule has 12 heteroatoms. The highest BCUT2D eigenvalue weighted by molar-refractivity contribution is 6.03. The first-order chi connectivity index (χ1) is 26.1. The van der Waals surface area contributed by atoms with Crippen molar-refractivity contribution in [1.82, 2.24) is 10.2 Å². The minimum Gasteiger partial charge on any atom is -0.459 e. The number of carbonyl (C=O) groups is 2. The van der Waals surface area contributed by atoms with Crippen LogP contribution in [0.1, 0.15) is 118 Å². The van der Waals surface area contributed by atoms with Crippen LogP contribution in [-0.4, -0.2) is 90.0 Å². The zero-order valence-electron chi connectivity index (χ0n) is 34.5. The standard InChI is InChI=1S/C43H67N3O9/c1-10-21-46(40(50)51-28-41(4,5)6)36-27-34(45-55-42(7,8)9)32-25-29(17-13-15-22-47)31(18-14-16-23-48)37-33-26-30(53-39(49)44-12-3)19-20-35(33)54-43(36,38(32)37)52-24-11-2/h11,19-20,25-26,29,31,36-38,47-48H,2,10,12-18,21-24,27-28H2,1,3-9H3,(H,44,49). The lowest BCUT2D eigenvalue weighted by molar-refractivity contribution is -0.255. The lowest BCUT2D eigenvalue weighted by atomic mass is 9.55. The van der Waals surface area contributed by atoms with E-state index in [0.717, 1.165) is 36.8 Å². The minimum atomic E-state index is -1.40. The monoisotopic (exact) mass is 769 g/mol. The molecule has 1 fully saturated rings. The predicted molar refractivity (Wildman–Crippen MR) is 213 cm³/mol. The van der Waals surface area contributed by atoms with Crippen LogP contribution in [0.2, 0.25) is 0 Å². The van der Waals surface area contributed by atoms with Crippen LogP contribution < -0.4 is 14.8 Å². The first-order valence-electron chi connectivity index (χ1n) is 20.3. The molecule has 6 unspecified atom stereocenters. The van der Waals surface area contributed by atoms with E-state index in [4.69, 9.17) is 28.9 Å². The van der Waals surface area contributed by atoms with Crippen LogP contribution in [0.3, 0.4) is 0 Å². The summed E-state index contributed by atoms with van der Waals surface area (Å²) < 4.78 is 26.0. The molecule has 2 aliphatic carbocycles. The van der Waals surface area contributed by atoms with Crippen molar-refractivity contribution in [2.24, 2.45) is 28.3 Å². The molecule has 4 rings (SSSR count). The molecule has 0 spiro atoms. The number of benzene rings is 1. The van der Waals surface area contributed by atoms with Crippen molar-refractivity contribution >= 4 is 17.9 Å². The van der Waals surface area contributed by atoms with Gasteiger partial charge in [0.1, 0.15) is 23.1 Å². The number of ether oxygens (including phenoxy) is 4. The first kappa shape index (κ1) is 44.1. The SMILES string of the molecule is C=CCOC12Oc3ccc(OC(=O)NCC)cc3C3C(CCCCO)C(CCCCO)C=C(C(=NOC(C)(C)C)CC1N(CCC)C(=O)OCC(C)(C)C)C32. The molecule has 0 radical (unpaired) electrons. The molecule has 2 amide bonds. The molecule has 1 aromatic rings. The highest BCUT2D eigenvalue weighted by Gasteiger charge is 2.65. The molecular weight excluding hydrogens is 702 g/mol. The number of nitrogens with zero attached hydrogens (tertiary/aromatic N) is 2. The van der Waals surface area contributed by atoms with Crippen molar-refractivity contribution in [3.8, 4) is 11.5 Å². The summed E-state index contributed by atoms with van der Waals surface area (Å²) in [6.45, 7) is 21.1. The molecule has 3 aliphatic rings. The number of oxime groups is 1. The fraction of sp³-hybridized carbons (Fsp3) is 0.698. The summed E-state index contributed by atoms with van der Waals surface area (Å²) in [6, 6.07) is 4.76. The average Bonchev–Trinajstić information content (AvgIpc) is 3.12. The van der Waals surface area contributed by atoms with Gasteiger partial charge < -0.3 is 39.3 Å². The van der Waals surface area contributed by atoms with Gasteiger partial charge in [-0.2, -0.15) is 0 Å². The van der Waals surface area contributed by atoms with E-state index in [1.165, 1.54) is 0 Å². The number of hydrogen-bond donors (Lipinski definition) is 3. The fourth-order valence-electron chi connectivity index (χ4n) is 8.17. The number of amides is 2. The van der Waals surface area contributed by atoms with E-state index in [1.807, 2.05) is 67.5 Å². The topological polar surface area (TPSA) is 148 Å². The summed E-state index contributed by atoms with van der Waals surface area (Å²) in [5.74, 6) is -1.08. The number of nitrogens with one attached hydrogen (secondary N) is 1. The number of aliphatic hydroxyl groups excluding tert-OH is 2. The van der Waals surface area contributed by atoms with Gasteiger partial charge in [0, 0.05) is 44.2 Å². The Bertz CT molecular complexity index is 1510. The fourth-order valence-corrected chi connectivity index (χ4v) is 8.17. The number of unbranched alkanes of at least 4 members (excludes halogenated alkanes) is 2. The second kappa shape index (κ2) is 19.5. The molecular formula is C43H67N3O9. The van der Waals surface area contributed by atoms with Gasteiger partial charge in [0.15, 0.2) is 0 Å². The average molecular weight is 770 g/mol. The molecule has 0 saturated heterocycles. The lowest BCUT2D eigenvalue weighted by Crippen LogP contribution is -2.70. The Hall–Kier alpha value is -3.61. The van der Waals surface area contributed by atoms with Crippen LogP contribution in [0, 0.1) is 23.2 Å². The van der Waals surface area contributed by atoms with E-state index < -0.39 is 35.5 Å². The minimum absolute atomic E-state index is 0.0315. The van der Waals surface area contributed by atoms with Crippen molar-refractivity contribution in [3.63, 3.8) is 0 Å². The van der Waals surface area contributed by atoms with Crippen molar-refractivity contribution < 1.29 is 43.6 Å². The molecule has 308 valence electrons. The summed E-state index contributed by atoms with van der Waals surface area (Å²) >= 11 is 0. The van der Waals surface area contributed by atoms with Crippen molar-refractivity contribution in [3.05, 3.63) is 48.1 Å². The van der Waals surface area contributed by atoms with Crippen LogP contribution in [0.25, 0.3) is 0 Å². The van der Waals surface area contributed by atoms with Crippen LogP contribution in [0.15, 0.2) is 47.7 Å². The summed E-state index contributed by atoms with van der Waals surface area (Å²) in [4.78, 5) is 34.9. The molecule has 0 bridgehead atoms. The molecule has 1 aromatic carbocycles. The number of fused-ring (bicyclic) bond motifs is 2. The predicted octanol–water partition coefficient (Wildman–Crippen LogP) is 8.12. The number of aliphatic hydroxyl groups is 2. The quantitative estimate of drug-likeness (QED) is 0.0765. The molecule has 3 N–H and O–H groups in total. The zero-order chi connectivity index (χ0) is 40.4. The van der Waals surface area contributed by atoms with E-state index >= 15 is 0 Å². The Labute approximate surface area is 328 Å².